The Kier molecular flexibility index (Phi) is 3.65. The summed E-state index contributed by atoms with van der Waals surface area (Å²) in [6, 6.07) is 0. The monoisotopic (exact) mass is 270 g/mol. The standard InChI is InChI=1S/C10H14N4O5/c15-7-6(13-14-9(18)12-7)11-5-10(8(16)17)1-3-19-4-2-10/h1-5H2,(H,11,13)(H,16,17)(H2,12,14,15,18). The molecule has 1 aliphatic heterocycles. The van der Waals surface area contributed by atoms with Gasteiger partial charge in [0.2, 0.25) is 5.82 Å². The number of aromatic nitrogens is 3. The summed E-state index contributed by atoms with van der Waals surface area (Å²) in [5, 5.41) is 17.6. The maximum atomic E-state index is 11.4. The first-order valence-corrected chi connectivity index (χ1v) is 5.77. The van der Waals surface area contributed by atoms with E-state index in [1.807, 2.05) is 4.98 Å². The van der Waals surface area contributed by atoms with Crippen LogP contribution in [0.1, 0.15) is 12.8 Å². The minimum Gasteiger partial charge on any atom is -0.481 e. The molecule has 0 aromatic carbocycles. The van der Waals surface area contributed by atoms with Crippen molar-refractivity contribution in [2.75, 3.05) is 25.1 Å². The van der Waals surface area contributed by atoms with Gasteiger partial charge in [0.1, 0.15) is 0 Å². The lowest BCUT2D eigenvalue weighted by Crippen LogP contribution is -2.43. The highest BCUT2D eigenvalue weighted by Crippen LogP contribution is 2.30. The molecule has 0 aliphatic carbocycles. The van der Waals surface area contributed by atoms with Crippen molar-refractivity contribution in [1.29, 1.82) is 0 Å². The fraction of sp³-hybridized carbons (Fsp3) is 0.600. The van der Waals surface area contributed by atoms with Gasteiger partial charge in [0.15, 0.2) is 0 Å². The number of carbonyl (C=O) groups is 1. The summed E-state index contributed by atoms with van der Waals surface area (Å²) >= 11 is 0. The maximum Gasteiger partial charge on any atom is 0.342 e. The summed E-state index contributed by atoms with van der Waals surface area (Å²) in [4.78, 5) is 35.6. The van der Waals surface area contributed by atoms with Crippen LogP contribution in [0.3, 0.4) is 0 Å². The second-order valence-corrected chi connectivity index (χ2v) is 4.41. The van der Waals surface area contributed by atoms with Gasteiger partial charge in [0.05, 0.1) is 5.41 Å². The fourth-order valence-electron chi connectivity index (χ4n) is 1.95. The van der Waals surface area contributed by atoms with E-state index in [1.165, 1.54) is 0 Å². The maximum absolute atomic E-state index is 11.4. The van der Waals surface area contributed by atoms with Crippen molar-refractivity contribution in [2.24, 2.45) is 5.41 Å². The van der Waals surface area contributed by atoms with Crippen molar-refractivity contribution in [2.45, 2.75) is 12.8 Å². The van der Waals surface area contributed by atoms with E-state index in [9.17, 15) is 19.5 Å². The number of hydrogen-bond acceptors (Lipinski definition) is 6. The van der Waals surface area contributed by atoms with Crippen molar-refractivity contribution in [3.63, 3.8) is 0 Å². The lowest BCUT2D eigenvalue weighted by molar-refractivity contribution is -0.153. The molecule has 9 heteroatoms. The molecule has 1 fully saturated rings. The molecular weight excluding hydrogens is 256 g/mol. The van der Waals surface area contributed by atoms with Crippen molar-refractivity contribution in [3.8, 4) is 0 Å². The van der Waals surface area contributed by atoms with Crippen molar-refractivity contribution < 1.29 is 14.6 Å². The number of carboxylic acid groups (broad SMARTS) is 1. The van der Waals surface area contributed by atoms with Gasteiger partial charge in [-0.25, -0.2) is 9.89 Å². The summed E-state index contributed by atoms with van der Waals surface area (Å²) in [7, 11) is 0. The van der Waals surface area contributed by atoms with Gasteiger partial charge in [-0.05, 0) is 12.8 Å². The predicted octanol–water partition coefficient (Wildman–Crippen LogP) is -1.25. The van der Waals surface area contributed by atoms with Crippen molar-refractivity contribution >= 4 is 11.8 Å². The number of rotatable bonds is 4. The van der Waals surface area contributed by atoms with Crippen LogP contribution < -0.4 is 16.6 Å². The quantitative estimate of drug-likeness (QED) is 0.536. The fourth-order valence-corrected chi connectivity index (χ4v) is 1.95. The Morgan fingerprint density at radius 3 is 2.68 bits per heavy atom. The molecule has 19 heavy (non-hydrogen) atoms. The average Bonchev–Trinajstić information content (AvgIpc) is 2.38. The molecule has 0 unspecified atom stereocenters. The Morgan fingerprint density at radius 2 is 2.11 bits per heavy atom. The molecule has 4 N–H and O–H groups in total. The first-order chi connectivity index (χ1) is 9.03. The Bertz CT molecular complexity index is 572. The van der Waals surface area contributed by atoms with Crippen LogP contribution in [-0.2, 0) is 9.53 Å². The van der Waals surface area contributed by atoms with E-state index in [4.69, 9.17) is 4.74 Å². The number of nitrogens with one attached hydrogen (secondary N) is 3. The molecule has 0 saturated carbocycles. The largest absolute Gasteiger partial charge is 0.481 e. The molecule has 1 aromatic rings. The number of nitrogens with zero attached hydrogens (tertiary/aromatic N) is 1. The van der Waals surface area contributed by atoms with E-state index < -0.39 is 22.6 Å². The molecule has 9 nitrogen and oxygen atoms in total. The van der Waals surface area contributed by atoms with Gasteiger partial charge in [-0.15, -0.1) is 5.10 Å². The zero-order valence-electron chi connectivity index (χ0n) is 10.1. The lowest BCUT2D eigenvalue weighted by Gasteiger charge is -2.33. The Morgan fingerprint density at radius 1 is 1.42 bits per heavy atom. The van der Waals surface area contributed by atoms with Crippen LogP contribution in [0.15, 0.2) is 9.59 Å². The normalized spacial score (nSPS) is 17.9. The highest BCUT2D eigenvalue weighted by Gasteiger charge is 2.40. The number of aliphatic carboxylic acids is 1. The molecule has 104 valence electrons. The van der Waals surface area contributed by atoms with E-state index >= 15 is 0 Å². The van der Waals surface area contributed by atoms with Gasteiger partial charge in [-0.2, -0.15) is 0 Å². The molecular formula is C10H14N4O5. The number of H-pyrrole nitrogens is 2. The zero-order valence-corrected chi connectivity index (χ0v) is 10.1. The highest BCUT2D eigenvalue weighted by molar-refractivity contribution is 5.75. The van der Waals surface area contributed by atoms with E-state index in [2.05, 4.69) is 15.5 Å². The summed E-state index contributed by atoms with van der Waals surface area (Å²) in [5.41, 5.74) is -2.38. The molecule has 1 saturated heterocycles. The summed E-state index contributed by atoms with van der Waals surface area (Å²) in [6.07, 6.45) is 0.715. The molecule has 0 bridgehead atoms. The first kappa shape index (κ1) is 13.3. The van der Waals surface area contributed by atoms with Crippen LogP contribution in [0.2, 0.25) is 0 Å². The summed E-state index contributed by atoms with van der Waals surface area (Å²) < 4.78 is 5.14. The van der Waals surface area contributed by atoms with Crippen LogP contribution in [0.25, 0.3) is 0 Å². The first-order valence-electron chi connectivity index (χ1n) is 5.77. The second-order valence-electron chi connectivity index (χ2n) is 4.41. The Balaban J connectivity index is 2.13. The molecule has 1 aromatic heterocycles. The van der Waals surface area contributed by atoms with E-state index in [0.717, 1.165) is 0 Å². The van der Waals surface area contributed by atoms with Crippen LogP contribution >= 0.6 is 0 Å². The second kappa shape index (κ2) is 5.22. The highest BCUT2D eigenvalue weighted by atomic mass is 16.5. The molecule has 1 aliphatic rings. The number of anilines is 1. The van der Waals surface area contributed by atoms with Crippen LogP contribution in [0.4, 0.5) is 5.82 Å². The third kappa shape index (κ3) is 2.81. The Labute approximate surface area is 107 Å². The lowest BCUT2D eigenvalue weighted by atomic mass is 9.80. The van der Waals surface area contributed by atoms with E-state index in [0.29, 0.717) is 26.1 Å². The third-order valence-electron chi connectivity index (χ3n) is 3.21. The predicted molar refractivity (Wildman–Crippen MR) is 64.1 cm³/mol. The third-order valence-corrected chi connectivity index (χ3v) is 3.21. The van der Waals surface area contributed by atoms with E-state index in [-0.39, 0.29) is 12.4 Å². The van der Waals surface area contributed by atoms with Crippen molar-refractivity contribution in [1.82, 2.24) is 15.2 Å². The zero-order chi connectivity index (χ0) is 13.9. The number of ether oxygens (including phenoxy) is 1. The molecule has 0 spiro atoms. The van der Waals surface area contributed by atoms with Gasteiger partial charge in [-0.3, -0.25) is 14.6 Å². The van der Waals surface area contributed by atoms with Gasteiger partial charge >= 0.3 is 11.7 Å². The summed E-state index contributed by atoms with van der Waals surface area (Å²) in [6.45, 7) is 0.778. The van der Waals surface area contributed by atoms with Crippen LogP contribution in [0.5, 0.6) is 0 Å². The SMILES string of the molecule is O=C(O)C1(CNc2n[nH]c(=O)[nH]c2=O)CCOCC1. The molecule has 0 radical (unpaired) electrons. The minimum atomic E-state index is -0.984. The number of hydrogen-bond donors (Lipinski definition) is 4. The molecule has 2 heterocycles. The smallest absolute Gasteiger partial charge is 0.342 e. The minimum absolute atomic E-state index is 0.0494. The van der Waals surface area contributed by atoms with Crippen LogP contribution in [0, 0.1) is 5.41 Å². The molecule has 2 rings (SSSR count). The molecule has 0 atom stereocenters. The number of aromatic amines is 2. The van der Waals surface area contributed by atoms with Gasteiger partial charge in [0.25, 0.3) is 5.56 Å². The average molecular weight is 270 g/mol. The van der Waals surface area contributed by atoms with E-state index in [1.54, 1.807) is 0 Å². The number of carboxylic acids is 1. The van der Waals surface area contributed by atoms with Gasteiger partial charge in [-0.1, -0.05) is 0 Å². The van der Waals surface area contributed by atoms with Gasteiger partial charge < -0.3 is 15.2 Å². The van der Waals surface area contributed by atoms with Gasteiger partial charge in [0, 0.05) is 19.8 Å². The topological polar surface area (TPSA) is 137 Å². The van der Waals surface area contributed by atoms with Crippen molar-refractivity contribution in [3.05, 3.63) is 20.8 Å². The molecule has 0 amide bonds. The summed E-state index contributed by atoms with van der Waals surface area (Å²) in [5.74, 6) is -1.05. The Hall–Kier alpha value is -2.16. The van der Waals surface area contributed by atoms with Crippen LogP contribution in [-0.4, -0.2) is 46.0 Å².